The Kier molecular flexibility index (Phi) is 7.95. The molecule has 1 N–H and O–H groups in total. The van der Waals surface area contributed by atoms with Crippen LogP contribution in [0.2, 0.25) is 0 Å². The van der Waals surface area contributed by atoms with Crippen LogP contribution in [-0.2, 0) is 0 Å². The Morgan fingerprint density at radius 1 is 0.690 bits per heavy atom. The van der Waals surface area contributed by atoms with E-state index in [0.29, 0.717) is 11.8 Å². The van der Waals surface area contributed by atoms with Gasteiger partial charge in [0.2, 0.25) is 0 Å². The van der Waals surface area contributed by atoms with E-state index in [1.165, 1.54) is 21.1 Å². The summed E-state index contributed by atoms with van der Waals surface area (Å²) in [7, 11) is 4.33. The highest BCUT2D eigenvalue weighted by atomic mass is 32.2. The van der Waals surface area contributed by atoms with Gasteiger partial charge in [0.05, 0.1) is 26.9 Å². The third-order valence-corrected chi connectivity index (χ3v) is 4.75. The van der Waals surface area contributed by atoms with E-state index in [2.05, 4.69) is 0 Å². The zero-order valence-electron chi connectivity index (χ0n) is 14.9. The number of rotatable bonds is 10. The lowest BCUT2D eigenvalue weighted by Gasteiger charge is -2.39. The fourth-order valence-electron chi connectivity index (χ4n) is 1.57. The monoisotopic (exact) mass is 482 g/mol. The molecule has 0 aliphatic rings. The normalized spacial score (nSPS) is 16.9. The standard InChI is InChI=1S/C13H17F13NOS/c1-27(2,3)7(28)6-29-5-4-8(14,15)9(16,17)10(18,19)11(20,21)12(22,23)13(24,25)26/h7,28H,4-6H2,1-3H3/q+1. The van der Waals surface area contributed by atoms with Crippen molar-refractivity contribution >= 4 is 11.8 Å². The SMILES string of the molecule is C[N+](C)(C)C(O)CSCCC(F)(F)C(F)(F)C(F)(F)C(F)(F)C(F)(F)C(F)(F)F. The summed E-state index contributed by atoms with van der Waals surface area (Å²) in [6.45, 7) is 0. The van der Waals surface area contributed by atoms with E-state index in [1.54, 1.807) is 0 Å². The maximum absolute atomic E-state index is 13.5. The Bertz CT molecular complexity index is 556. The van der Waals surface area contributed by atoms with Crippen LogP contribution in [0.25, 0.3) is 0 Å². The molecule has 0 aromatic heterocycles. The molecule has 0 aromatic carbocycles. The summed E-state index contributed by atoms with van der Waals surface area (Å²) in [4.78, 5) is 0. The molecule has 1 unspecified atom stereocenters. The van der Waals surface area contributed by atoms with Gasteiger partial charge in [-0.15, -0.1) is 0 Å². The molecule has 0 radical (unpaired) electrons. The molecule has 2 nitrogen and oxygen atoms in total. The van der Waals surface area contributed by atoms with Gasteiger partial charge in [-0.1, -0.05) is 0 Å². The Labute approximate surface area is 160 Å². The molecule has 0 aliphatic carbocycles. The van der Waals surface area contributed by atoms with Gasteiger partial charge in [0, 0.05) is 6.42 Å². The van der Waals surface area contributed by atoms with E-state index < -0.39 is 54.2 Å². The molecule has 0 saturated carbocycles. The van der Waals surface area contributed by atoms with Crippen LogP contribution in [0.1, 0.15) is 6.42 Å². The van der Waals surface area contributed by atoms with E-state index in [0.717, 1.165) is 0 Å². The van der Waals surface area contributed by atoms with Gasteiger partial charge in [0.25, 0.3) is 0 Å². The second kappa shape index (κ2) is 8.13. The second-order valence-electron chi connectivity index (χ2n) is 6.92. The second-order valence-corrected chi connectivity index (χ2v) is 8.07. The largest absolute Gasteiger partial charge is 0.460 e. The molecule has 0 spiro atoms. The lowest BCUT2D eigenvalue weighted by atomic mass is 9.93. The molecule has 16 heteroatoms. The molecule has 0 saturated heterocycles. The summed E-state index contributed by atoms with van der Waals surface area (Å²) in [5, 5.41) is 9.58. The topological polar surface area (TPSA) is 20.2 Å². The predicted molar refractivity (Wildman–Crippen MR) is 76.8 cm³/mol. The van der Waals surface area contributed by atoms with Crippen molar-refractivity contribution in [2.45, 2.75) is 48.4 Å². The minimum atomic E-state index is -7.88. The number of aliphatic hydroxyl groups excluding tert-OH is 1. The smallest absolute Gasteiger partial charge is 0.344 e. The molecule has 0 fully saturated rings. The van der Waals surface area contributed by atoms with E-state index in [4.69, 9.17) is 0 Å². The molecule has 29 heavy (non-hydrogen) atoms. The van der Waals surface area contributed by atoms with Crippen LogP contribution in [-0.4, -0.2) is 84.3 Å². The Hall–Kier alpha value is -0.640. The highest BCUT2D eigenvalue weighted by Gasteiger charge is 2.90. The Morgan fingerprint density at radius 3 is 1.41 bits per heavy atom. The highest BCUT2D eigenvalue weighted by molar-refractivity contribution is 7.99. The third-order valence-electron chi connectivity index (χ3n) is 3.72. The zero-order chi connectivity index (χ0) is 23.9. The fraction of sp³-hybridized carbons (Fsp3) is 1.00. The molecule has 0 amide bonds. The number of quaternary nitrogens is 1. The van der Waals surface area contributed by atoms with Gasteiger partial charge >= 0.3 is 35.8 Å². The van der Waals surface area contributed by atoms with Crippen molar-refractivity contribution in [1.29, 1.82) is 0 Å². The lowest BCUT2D eigenvalue weighted by Crippen LogP contribution is -2.70. The number of nitrogens with zero attached hydrogens (tertiary/aromatic N) is 1. The van der Waals surface area contributed by atoms with Crippen LogP contribution in [0, 0.1) is 0 Å². The molecule has 0 rings (SSSR count). The third kappa shape index (κ3) is 5.17. The van der Waals surface area contributed by atoms with Gasteiger partial charge in [-0.05, 0) is 5.75 Å². The summed E-state index contributed by atoms with van der Waals surface area (Å²) < 4.78 is 168. The maximum Gasteiger partial charge on any atom is 0.460 e. The minimum absolute atomic E-state index is 0.142. The summed E-state index contributed by atoms with van der Waals surface area (Å²) in [6.07, 6.45) is -10.9. The van der Waals surface area contributed by atoms with Gasteiger partial charge in [-0.2, -0.15) is 68.8 Å². The molecule has 0 heterocycles. The van der Waals surface area contributed by atoms with Crippen LogP contribution in [0.5, 0.6) is 0 Å². The summed E-state index contributed by atoms with van der Waals surface area (Å²) in [5.41, 5.74) is 0. The maximum atomic E-state index is 13.5. The van der Waals surface area contributed by atoms with Crippen LogP contribution in [0.15, 0.2) is 0 Å². The van der Waals surface area contributed by atoms with Crippen LogP contribution in [0.3, 0.4) is 0 Å². The van der Waals surface area contributed by atoms with Gasteiger partial charge in [-0.3, -0.25) is 0 Å². The first-order valence-corrected chi connectivity index (χ1v) is 8.56. The number of aliphatic hydroxyl groups is 1. The van der Waals surface area contributed by atoms with Crippen molar-refractivity contribution in [1.82, 2.24) is 0 Å². The first-order valence-electron chi connectivity index (χ1n) is 7.40. The van der Waals surface area contributed by atoms with Crippen LogP contribution >= 0.6 is 11.8 Å². The first kappa shape index (κ1) is 28.4. The van der Waals surface area contributed by atoms with E-state index in [-0.39, 0.29) is 10.2 Å². The van der Waals surface area contributed by atoms with Gasteiger partial charge in [-0.25, -0.2) is 0 Å². The van der Waals surface area contributed by atoms with Crippen molar-refractivity contribution < 1.29 is 66.7 Å². The van der Waals surface area contributed by atoms with E-state index in [9.17, 15) is 62.2 Å². The summed E-state index contributed by atoms with van der Waals surface area (Å²) >= 11 is 0.320. The molecular weight excluding hydrogens is 465 g/mol. The van der Waals surface area contributed by atoms with Gasteiger partial charge < -0.3 is 9.59 Å². The van der Waals surface area contributed by atoms with Crippen LogP contribution < -0.4 is 0 Å². The number of thioether (sulfide) groups is 1. The lowest BCUT2D eigenvalue weighted by molar-refractivity contribution is -0.915. The number of hydrogen-bond donors (Lipinski definition) is 1. The highest BCUT2D eigenvalue weighted by Crippen LogP contribution is 2.60. The number of hydrogen-bond acceptors (Lipinski definition) is 2. The van der Waals surface area contributed by atoms with E-state index in [1.807, 2.05) is 0 Å². The quantitative estimate of drug-likeness (QED) is 0.208. The Balaban J connectivity index is 5.55. The minimum Gasteiger partial charge on any atom is -0.344 e. The fourth-order valence-corrected chi connectivity index (χ4v) is 2.80. The van der Waals surface area contributed by atoms with Crippen molar-refractivity contribution in [2.24, 2.45) is 0 Å². The molecule has 0 aliphatic heterocycles. The molecule has 176 valence electrons. The molecule has 0 aromatic rings. The summed E-state index contributed by atoms with van der Waals surface area (Å²) in [5.74, 6) is -38.2. The van der Waals surface area contributed by atoms with Crippen molar-refractivity contribution in [3.05, 3.63) is 0 Å². The van der Waals surface area contributed by atoms with Crippen molar-refractivity contribution in [3.63, 3.8) is 0 Å². The first-order chi connectivity index (χ1) is 12.4. The molecule has 0 bridgehead atoms. The molecule has 1 atom stereocenters. The number of alkyl halides is 13. The van der Waals surface area contributed by atoms with Gasteiger partial charge in [0.1, 0.15) is 0 Å². The Morgan fingerprint density at radius 2 is 1.07 bits per heavy atom. The van der Waals surface area contributed by atoms with Gasteiger partial charge in [0.15, 0.2) is 6.23 Å². The molecular formula is C13H17F13NOS+. The average molecular weight is 482 g/mol. The van der Waals surface area contributed by atoms with E-state index >= 15 is 0 Å². The van der Waals surface area contributed by atoms with Crippen molar-refractivity contribution in [3.8, 4) is 0 Å². The predicted octanol–water partition coefficient (Wildman–Crippen LogP) is 4.87. The zero-order valence-corrected chi connectivity index (χ0v) is 15.7. The number of halogens is 13. The van der Waals surface area contributed by atoms with Crippen LogP contribution in [0.4, 0.5) is 57.1 Å². The summed E-state index contributed by atoms with van der Waals surface area (Å²) in [6, 6.07) is 0. The average Bonchev–Trinajstić information content (AvgIpc) is 2.48. The van der Waals surface area contributed by atoms with Crippen molar-refractivity contribution in [2.75, 3.05) is 32.6 Å².